The number of aliphatic hydroxyl groups is 1. The number of phenolic OH excluding ortho intramolecular Hbond substituents is 1. The molecule has 0 aliphatic carbocycles. The van der Waals surface area contributed by atoms with E-state index in [4.69, 9.17) is 9.84 Å². The molecule has 0 amide bonds. The number of aliphatic hydroxyl groups excluding tert-OH is 1. The highest BCUT2D eigenvalue weighted by Crippen LogP contribution is 2.29. The van der Waals surface area contributed by atoms with Gasteiger partial charge in [0.15, 0.2) is 11.5 Å². The number of phenols is 1. The highest BCUT2D eigenvalue weighted by atomic mass is 16.5. The Hall–Kier alpha value is -1.26. The van der Waals surface area contributed by atoms with Gasteiger partial charge in [-0.05, 0) is 25.3 Å². The van der Waals surface area contributed by atoms with Crippen LogP contribution in [0.3, 0.4) is 0 Å². The number of hydrogen-bond donors (Lipinski definition) is 3. The SMILES string of the molecule is CCOc1cccc(CNC(CCO)C(C)C)c1O. The number of benzene rings is 1. The van der Waals surface area contributed by atoms with Gasteiger partial charge in [0.1, 0.15) is 0 Å². The number of hydrogen-bond acceptors (Lipinski definition) is 4. The van der Waals surface area contributed by atoms with E-state index in [0.29, 0.717) is 31.2 Å². The third kappa shape index (κ3) is 4.73. The molecule has 1 aromatic carbocycles. The standard InChI is InChI=1S/C15H25NO3/c1-4-19-14-7-5-6-12(15(14)18)10-16-13(8-9-17)11(2)3/h5-7,11,13,16-18H,4,8-10H2,1-3H3. The predicted molar refractivity (Wildman–Crippen MR) is 76.4 cm³/mol. The van der Waals surface area contributed by atoms with Crippen molar-refractivity contribution in [3.63, 3.8) is 0 Å². The van der Waals surface area contributed by atoms with Crippen LogP contribution in [0.2, 0.25) is 0 Å². The van der Waals surface area contributed by atoms with Gasteiger partial charge in [-0.25, -0.2) is 0 Å². The molecule has 0 bridgehead atoms. The Bertz CT molecular complexity index is 380. The minimum absolute atomic E-state index is 0.167. The van der Waals surface area contributed by atoms with E-state index in [1.54, 1.807) is 6.07 Å². The van der Waals surface area contributed by atoms with Crippen molar-refractivity contribution in [1.29, 1.82) is 0 Å². The Morgan fingerprint density at radius 2 is 2.05 bits per heavy atom. The fourth-order valence-corrected chi connectivity index (χ4v) is 2.03. The lowest BCUT2D eigenvalue weighted by Gasteiger charge is -2.22. The number of nitrogens with one attached hydrogen (secondary N) is 1. The maximum Gasteiger partial charge on any atom is 0.162 e. The molecular weight excluding hydrogens is 242 g/mol. The second-order valence-corrected chi connectivity index (χ2v) is 4.94. The molecule has 3 N–H and O–H groups in total. The number of para-hydroxylation sites is 1. The van der Waals surface area contributed by atoms with Gasteiger partial charge in [-0.2, -0.15) is 0 Å². The summed E-state index contributed by atoms with van der Waals surface area (Å²) in [4.78, 5) is 0. The summed E-state index contributed by atoms with van der Waals surface area (Å²) in [6.07, 6.45) is 0.712. The van der Waals surface area contributed by atoms with Crippen LogP contribution in [-0.4, -0.2) is 29.5 Å². The van der Waals surface area contributed by atoms with Crippen molar-refractivity contribution in [3.8, 4) is 11.5 Å². The van der Waals surface area contributed by atoms with Gasteiger partial charge in [0.05, 0.1) is 6.61 Å². The lowest BCUT2D eigenvalue weighted by molar-refractivity contribution is 0.243. The summed E-state index contributed by atoms with van der Waals surface area (Å²) in [5, 5.41) is 22.5. The quantitative estimate of drug-likeness (QED) is 0.676. The Labute approximate surface area is 115 Å². The summed E-state index contributed by atoms with van der Waals surface area (Å²) in [5.41, 5.74) is 0.814. The van der Waals surface area contributed by atoms with Crippen LogP contribution in [0.25, 0.3) is 0 Å². The van der Waals surface area contributed by atoms with Gasteiger partial charge in [-0.15, -0.1) is 0 Å². The van der Waals surface area contributed by atoms with Crippen LogP contribution in [0.15, 0.2) is 18.2 Å². The van der Waals surface area contributed by atoms with Crippen molar-refractivity contribution in [2.45, 2.75) is 39.8 Å². The highest BCUT2D eigenvalue weighted by Gasteiger charge is 2.14. The molecule has 0 aliphatic heterocycles. The Kier molecular flexibility index (Phi) is 6.67. The first kappa shape index (κ1) is 15.8. The lowest BCUT2D eigenvalue weighted by Crippen LogP contribution is -2.34. The Morgan fingerprint density at radius 1 is 1.32 bits per heavy atom. The van der Waals surface area contributed by atoms with Crippen LogP contribution in [0.1, 0.15) is 32.8 Å². The average Bonchev–Trinajstić information content (AvgIpc) is 2.38. The molecule has 0 saturated carbocycles. The molecule has 0 radical (unpaired) electrons. The van der Waals surface area contributed by atoms with E-state index in [1.165, 1.54) is 0 Å². The molecule has 0 saturated heterocycles. The molecule has 108 valence electrons. The molecule has 0 aliphatic rings. The van der Waals surface area contributed by atoms with E-state index in [2.05, 4.69) is 19.2 Å². The third-order valence-corrected chi connectivity index (χ3v) is 3.18. The van der Waals surface area contributed by atoms with Crippen molar-refractivity contribution >= 4 is 0 Å². The predicted octanol–water partition coefficient (Wildman–Crippen LogP) is 2.29. The molecule has 1 rings (SSSR count). The number of aromatic hydroxyl groups is 1. The summed E-state index contributed by atoms with van der Waals surface area (Å²) in [5.74, 6) is 1.15. The maximum atomic E-state index is 10.1. The lowest BCUT2D eigenvalue weighted by atomic mass is 10.0. The zero-order valence-corrected chi connectivity index (χ0v) is 12.0. The first-order chi connectivity index (χ1) is 9.10. The Morgan fingerprint density at radius 3 is 2.63 bits per heavy atom. The van der Waals surface area contributed by atoms with Gasteiger partial charge >= 0.3 is 0 Å². The van der Waals surface area contributed by atoms with Gasteiger partial charge < -0.3 is 20.3 Å². The highest BCUT2D eigenvalue weighted by molar-refractivity contribution is 5.45. The van der Waals surface area contributed by atoms with Crippen LogP contribution < -0.4 is 10.1 Å². The van der Waals surface area contributed by atoms with E-state index in [9.17, 15) is 5.11 Å². The molecule has 19 heavy (non-hydrogen) atoms. The van der Waals surface area contributed by atoms with Crippen molar-refractivity contribution in [3.05, 3.63) is 23.8 Å². The van der Waals surface area contributed by atoms with Crippen LogP contribution in [0.4, 0.5) is 0 Å². The molecule has 4 heteroatoms. The number of ether oxygens (including phenoxy) is 1. The second-order valence-electron chi connectivity index (χ2n) is 4.94. The maximum absolute atomic E-state index is 10.1. The second kappa shape index (κ2) is 8.02. The molecule has 1 atom stereocenters. The van der Waals surface area contributed by atoms with Gasteiger partial charge in [-0.1, -0.05) is 26.0 Å². The van der Waals surface area contributed by atoms with E-state index < -0.39 is 0 Å². The van der Waals surface area contributed by atoms with Gasteiger partial charge in [0.2, 0.25) is 0 Å². The summed E-state index contributed by atoms with van der Waals surface area (Å²) < 4.78 is 5.36. The molecule has 0 aromatic heterocycles. The molecule has 4 nitrogen and oxygen atoms in total. The summed E-state index contributed by atoms with van der Waals surface area (Å²) in [6.45, 7) is 7.38. The molecule has 0 spiro atoms. The summed E-state index contributed by atoms with van der Waals surface area (Å²) in [7, 11) is 0. The third-order valence-electron chi connectivity index (χ3n) is 3.18. The first-order valence-electron chi connectivity index (χ1n) is 6.88. The van der Waals surface area contributed by atoms with E-state index in [-0.39, 0.29) is 18.4 Å². The van der Waals surface area contributed by atoms with E-state index >= 15 is 0 Å². The average molecular weight is 267 g/mol. The van der Waals surface area contributed by atoms with Gasteiger partial charge in [0, 0.05) is 24.8 Å². The molecule has 0 heterocycles. The van der Waals surface area contributed by atoms with Crippen LogP contribution in [-0.2, 0) is 6.54 Å². The van der Waals surface area contributed by atoms with Crippen LogP contribution in [0, 0.1) is 5.92 Å². The zero-order chi connectivity index (χ0) is 14.3. The minimum Gasteiger partial charge on any atom is -0.504 e. The van der Waals surface area contributed by atoms with Crippen molar-refractivity contribution in [2.24, 2.45) is 5.92 Å². The van der Waals surface area contributed by atoms with Crippen molar-refractivity contribution in [2.75, 3.05) is 13.2 Å². The van der Waals surface area contributed by atoms with E-state index in [0.717, 1.165) is 5.56 Å². The molecular formula is C15H25NO3. The van der Waals surface area contributed by atoms with Crippen LogP contribution in [0.5, 0.6) is 11.5 Å². The molecule has 1 aromatic rings. The fourth-order valence-electron chi connectivity index (χ4n) is 2.03. The minimum atomic E-state index is 0.167. The number of rotatable bonds is 8. The van der Waals surface area contributed by atoms with Gasteiger partial charge in [-0.3, -0.25) is 0 Å². The first-order valence-corrected chi connectivity index (χ1v) is 6.88. The van der Waals surface area contributed by atoms with E-state index in [1.807, 2.05) is 19.1 Å². The molecule has 1 unspecified atom stereocenters. The van der Waals surface area contributed by atoms with Crippen LogP contribution >= 0.6 is 0 Å². The van der Waals surface area contributed by atoms with Gasteiger partial charge in [0.25, 0.3) is 0 Å². The zero-order valence-electron chi connectivity index (χ0n) is 12.0. The van der Waals surface area contributed by atoms with Crippen molar-refractivity contribution in [1.82, 2.24) is 5.32 Å². The Balaban J connectivity index is 2.68. The summed E-state index contributed by atoms with van der Waals surface area (Å²) >= 11 is 0. The van der Waals surface area contributed by atoms with Crippen molar-refractivity contribution < 1.29 is 14.9 Å². The monoisotopic (exact) mass is 267 g/mol. The fraction of sp³-hybridized carbons (Fsp3) is 0.600. The normalized spacial score (nSPS) is 12.7. The molecule has 0 fully saturated rings. The largest absolute Gasteiger partial charge is 0.504 e. The smallest absolute Gasteiger partial charge is 0.162 e. The topological polar surface area (TPSA) is 61.7 Å². The summed E-state index contributed by atoms with van der Waals surface area (Å²) in [6, 6.07) is 5.75.